The molecule has 0 spiro atoms. The monoisotopic (exact) mass is 359 g/mol. The van der Waals surface area contributed by atoms with E-state index in [-0.39, 0.29) is 11.1 Å². The molecule has 3 heterocycles. The largest absolute Gasteiger partial charge is 0.477 e. The maximum absolute atomic E-state index is 10.9. The van der Waals surface area contributed by atoms with Crippen LogP contribution in [0.1, 0.15) is 5.76 Å². The molecular formula is C17H13NO4S2. The third-order valence-electron chi connectivity index (χ3n) is 3.89. The van der Waals surface area contributed by atoms with E-state index in [1.165, 1.54) is 0 Å². The van der Waals surface area contributed by atoms with Crippen molar-refractivity contribution >= 4 is 40.9 Å². The molecule has 2 fully saturated rings. The standard InChI is InChI=1S/C17H13NO4S2/c19-17(20)14(23)16-18-9-24-13(15(18)22-16)8-11-6-7-12(21-11)10-4-2-1-3-5-10/h1-8,15-16H,9H2,(H,19,20)/b13-8+. The molecule has 2 unspecified atom stereocenters. The van der Waals surface area contributed by atoms with Gasteiger partial charge in [0.05, 0.1) is 5.88 Å². The van der Waals surface area contributed by atoms with Crippen LogP contribution in [0.5, 0.6) is 0 Å². The molecule has 4 rings (SSSR count). The second kappa shape index (κ2) is 6.18. The molecule has 0 saturated carbocycles. The molecule has 1 aromatic heterocycles. The Balaban J connectivity index is 1.49. The number of carboxylic acids is 1. The molecule has 0 bridgehead atoms. The van der Waals surface area contributed by atoms with E-state index in [9.17, 15) is 4.79 Å². The van der Waals surface area contributed by atoms with Crippen LogP contribution >= 0.6 is 24.0 Å². The van der Waals surface area contributed by atoms with Gasteiger partial charge in [0.15, 0.2) is 6.23 Å². The Morgan fingerprint density at radius 2 is 2.08 bits per heavy atom. The number of rotatable bonds is 4. The summed E-state index contributed by atoms with van der Waals surface area (Å²) in [5, 5.41) is 8.97. The summed E-state index contributed by atoms with van der Waals surface area (Å²) >= 11 is 6.49. The van der Waals surface area contributed by atoms with Crippen LogP contribution in [0.4, 0.5) is 0 Å². The zero-order chi connectivity index (χ0) is 16.7. The molecule has 2 aromatic rings. The minimum atomic E-state index is -1.10. The summed E-state index contributed by atoms with van der Waals surface area (Å²) in [5.74, 6) is 1.10. The fourth-order valence-corrected chi connectivity index (χ4v) is 3.98. The first-order valence-electron chi connectivity index (χ1n) is 7.31. The third-order valence-corrected chi connectivity index (χ3v) is 5.34. The molecule has 0 radical (unpaired) electrons. The molecule has 122 valence electrons. The number of hydrogen-bond donors (Lipinski definition) is 1. The smallest absolute Gasteiger partial charge is 0.346 e. The van der Waals surface area contributed by atoms with Crippen molar-refractivity contribution in [2.75, 3.05) is 5.88 Å². The van der Waals surface area contributed by atoms with Crippen molar-refractivity contribution in [3.8, 4) is 11.3 Å². The minimum absolute atomic E-state index is 0.0996. The molecule has 24 heavy (non-hydrogen) atoms. The summed E-state index contributed by atoms with van der Waals surface area (Å²) < 4.78 is 11.5. The average molecular weight is 359 g/mol. The van der Waals surface area contributed by atoms with Gasteiger partial charge in [-0.05, 0) is 18.2 Å². The van der Waals surface area contributed by atoms with E-state index >= 15 is 0 Å². The van der Waals surface area contributed by atoms with Gasteiger partial charge in [-0.2, -0.15) is 0 Å². The lowest BCUT2D eigenvalue weighted by Crippen LogP contribution is -2.59. The van der Waals surface area contributed by atoms with Gasteiger partial charge in [0.2, 0.25) is 0 Å². The summed E-state index contributed by atoms with van der Waals surface area (Å²) in [4.78, 5) is 13.8. The highest BCUT2D eigenvalue weighted by atomic mass is 32.2. The van der Waals surface area contributed by atoms with Crippen molar-refractivity contribution in [3.63, 3.8) is 0 Å². The molecule has 1 N–H and O–H groups in total. The first-order valence-corrected chi connectivity index (χ1v) is 8.71. The number of aliphatic carboxylic acids is 1. The van der Waals surface area contributed by atoms with Gasteiger partial charge in [-0.1, -0.05) is 42.5 Å². The highest BCUT2D eigenvalue weighted by Gasteiger charge is 2.49. The first kappa shape index (κ1) is 15.6. The number of hydrogen-bond acceptors (Lipinski definition) is 6. The van der Waals surface area contributed by atoms with Crippen LogP contribution < -0.4 is 0 Å². The Kier molecular flexibility index (Phi) is 4.01. The van der Waals surface area contributed by atoms with Gasteiger partial charge in [-0.25, -0.2) is 9.69 Å². The number of benzene rings is 1. The quantitative estimate of drug-likeness (QED) is 0.839. The number of thiocarbonyl (C=S) groups is 1. The van der Waals surface area contributed by atoms with E-state index in [1.807, 2.05) is 53.4 Å². The number of carbonyl (C=O) groups is 1. The maximum Gasteiger partial charge on any atom is 0.346 e. The van der Waals surface area contributed by atoms with E-state index < -0.39 is 12.2 Å². The molecule has 2 atom stereocenters. The topological polar surface area (TPSA) is 62.9 Å². The Labute approximate surface area is 147 Å². The fraction of sp³-hybridized carbons (Fsp3) is 0.176. The number of furan rings is 1. The van der Waals surface area contributed by atoms with Gasteiger partial charge < -0.3 is 14.3 Å². The lowest BCUT2D eigenvalue weighted by atomic mass is 10.2. The molecule has 0 amide bonds. The van der Waals surface area contributed by atoms with Crippen molar-refractivity contribution in [3.05, 3.63) is 53.1 Å². The van der Waals surface area contributed by atoms with Crippen LogP contribution in [0, 0.1) is 0 Å². The molecule has 1 aromatic carbocycles. The van der Waals surface area contributed by atoms with E-state index in [1.54, 1.807) is 11.8 Å². The Bertz CT molecular complexity index is 830. The zero-order valence-electron chi connectivity index (χ0n) is 12.4. The molecule has 2 aliphatic rings. The first-order chi connectivity index (χ1) is 11.6. The summed E-state index contributed by atoms with van der Waals surface area (Å²) in [6.07, 6.45) is 1.09. The molecular weight excluding hydrogens is 346 g/mol. The number of nitrogens with zero attached hydrogens (tertiary/aromatic N) is 1. The van der Waals surface area contributed by atoms with Crippen molar-refractivity contribution in [2.45, 2.75) is 12.5 Å². The SMILES string of the molecule is O=C(O)C(=S)C1OC2/C(=C\c3ccc(-c4ccccc4)o3)SCN12. The van der Waals surface area contributed by atoms with Gasteiger partial charge in [0, 0.05) is 10.5 Å². The van der Waals surface area contributed by atoms with Gasteiger partial charge in [0.1, 0.15) is 22.6 Å². The van der Waals surface area contributed by atoms with Crippen LogP contribution in [0.2, 0.25) is 0 Å². The second-order valence-electron chi connectivity index (χ2n) is 5.41. The number of fused-ring (bicyclic) bond motifs is 1. The predicted molar refractivity (Wildman–Crippen MR) is 95.3 cm³/mol. The summed E-state index contributed by atoms with van der Waals surface area (Å²) in [5.41, 5.74) is 1.02. The van der Waals surface area contributed by atoms with Crippen LogP contribution in [0.3, 0.4) is 0 Å². The van der Waals surface area contributed by atoms with Crippen LogP contribution in [-0.2, 0) is 9.53 Å². The number of carboxylic acid groups (broad SMARTS) is 1. The van der Waals surface area contributed by atoms with Gasteiger partial charge >= 0.3 is 5.97 Å². The maximum atomic E-state index is 10.9. The van der Waals surface area contributed by atoms with Crippen molar-refractivity contribution in [1.29, 1.82) is 0 Å². The lowest BCUT2D eigenvalue weighted by molar-refractivity contribution is -0.215. The number of thioether (sulfide) groups is 1. The van der Waals surface area contributed by atoms with Crippen LogP contribution in [0.25, 0.3) is 17.4 Å². The highest BCUT2D eigenvalue weighted by molar-refractivity contribution is 8.03. The fourth-order valence-electron chi connectivity index (χ4n) is 2.69. The lowest BCUT2D eigenvalue weighted by Gasteiger charge is -2.42. The predicted octanol–water partition coefficient (Wildman–Crippen LogP) is 3.43. The van der Waals surface area contributed by atoms with Crippen LogP contribution in [-0.4, -0.2) is 39.2 Å². The van der Waals surface area contributed by atoms with E-state index in [2.05, 4.69) is 0 Å². The Morgan fingerprint density at radius 1 is 1.29 bits per heavy atom. The van der Waals surface area contributed by atoms with Gasteiger partial charge in [0.25, 0.3) is 0 Å². The van der Waals surface area contributed by atoms with Crippen molar-refractivity contribution in [1.82, 2.24) is 4.90 Å². The van der Waals surface area contributed by atoms with Crippen molar-refractivity contribution < 1.29 is 19.1 Å². The average Bonchev–Trinajstić information content (AvgIpc) is 3.14. The summed E-state index contributed by atoms with van der Waals surface area (Å²) in [7, 11) is 0. The van der Waals surface area contributed by atoms with Crippen LogP contribution in [0.15, 0.2) is 51.8 Å². The van der Waals surface area contributed by atoms with Gasteiger partial charge in [-0.15, -0.1) is 11.8 Å². The second-order valence-corrected chi connectivity index (χ2v) is 6.87. The number of ether oxygens (including phenoxy) is 1. The summed E-state index contributed by atoms with van der Waals surface area (Å²) in [6, 6.07) is 13.7. The molecule has 0 aliphatic carbocycles. The zero-order valence-corrected chi connectivity index (χ0v) is 14.0. The van der Waals surface area contributed by atoms with Gasteiger partial charge in [-0.3, -0.25) is 0 Å². The summed E-state index contributed by atoms with van der Waals surface area (Å²) in [6.45, 7) is 0. The normalized spacial score (nSPS) is 24.6. The molecule has 2 saturated heterocycles. The van der Waals surface area contributed by atoms with E-state index in [0.29, 0.717) is 5.88 Å². The molecule has 2 aliphatic heterocycles. The van der Waals surface area contributed by atoms with Crippen molar-refractivity contribution in [2.24, 2.45) is 0 Å². The molecule has 5 nitrogen and oxygen atoms in total. The Hall–Kier alpha value is -1.93. The van der Waals surface area contributed by atoms with E-state index in [4.69, 9.17) is 26.5 Å². The minimum Gasteiger partial charge on any atom is -0.477 e. The third kappa shape index (κ3) is 2.69. The highest BCUT2D eigenvalue weighted by Crippen LogP contribution is 2.43. The Morgan fingerprint density at radius 3 is 2.83 bits per heavy atom. The van der Waals surface area contributed by atoms with E-state index in [0.717, 1.165) is 22.0 Å². The molecule has 7 heteroatoms.